The predicted molar refractivity (Wildman–Crippen MR) is 110 cm³/mol. The number of nitrogens with two attached hydrogens (primary N) is 1. The van der Waals surface area contributed by atoms with Gasteiger partial charge in [0.1, 0.15) is 0 Å². The highest BCUT2D eigenvalue weighted by molar-refractivity contribution is 5.87. The Balaban J connectivity index is 1.76. The number of hydrogen-bond acceptors (Lipinski definition) is 4. The highest BCUT2D eigenvalue weighted by atomic mass is 16.7. The van der Waals surface area contributed by atoms with E-state index in [9.17, 15) is 4.79 Å². The summed E-state index contributed by atoms with van der Waals surface area (Å²) < 4.78 is 10.8. The monoisotopic (exact) mass is 381 g/mol. The number of aliphatic imine (C=N–C) groups is 1. The van der Waals surface area contributed by atoms with Crippen LogP contribution in [0.2, 0.25) is 0 Å². The molecule has 1 atom stereocenters. The predicted octanol–water partition coefficient (Wildman–Crippen LogP) is 3.79. The maximum absolute atomic E-state index is 11.6. The average Bonchev–Trinajstić information content (AvgIpc) is 3.13. The van der Waals surface area contributed by atoms with Crippen LogP contribution in [-0.4, -0.2) is 30.1 Å². The summed E-state index contributed by atoms with van der Waals surface area (Å²) in [7, 11) is 0. The Morgan fingerprint density at radius 1 is 1.14 bits per heavy atom. The zero-order valence-corrected chi connectivity index (χ0v) is 16.6. The topological polar surface area (TPSA) is 77.2 Å². The molecular formula is C22H27N3O3. The van der Waals surface area contributed by atoms with Gasteiger partial charge in [-0.2, -0.15) is 0 Å². The smallest absolute Gasteiger partial charge is 0.231 e. The fraction of sp³-hybridized carbons (Fsp3) is 0.364. The SMILES string of the molecule is CC(C)CC(C)N=C(N)N(C=O)Cc1cccc(-c2ccc3c(c2)OCO3)c1. The van der Waals surface area contributed by atoms with Crippen LogP contribution in [0.5, 0.6) is 11.5 Å². The molecule has 0 aromatic heterocycles. The average molecular weight is 381 g/mol. The number of carbonyl (C=O) groups is 1. The van der Waals surface area contributed by atoms with Gasteiger partial charge in [-0.05, 0) is 54.2 Å². The van der Waals surface area contributed by atoms with E-state index in [2.05, 4.69) is 18.8 Å². The van der Waals surface area contributed by atoms with Crippen LogP contribution in [0, 0.1) is 5.92 Å². The van der Waals surface area contributed by atoms with E-state index in [0.717, 1.165) is 41.0 Å². The van der Waals surface area contributed by atoms with Crippen LogP contribution in [0.4, 0.5) is 0 Å². The number of benzene rings is 2. The van der Waals surface area contributed by atoms with Crippen molar-refractivity contribution in [3.63, 3.8) is 0 Å². The molecule has 2 N–H and O–H groups in total. The molecule has 3 rings (SSSR count). The normalized spacial score (nSPS) is 14.2. The standard InChI is InChI=1S/C22H27N3O3/c1-15(2)9-16(3)24-22(23)25(13-26)12-17-5-4-6-18(10-17)19-7-8-20-21(11-19)28-14-27-20/h4-8,10-11,13,15-16H,9,12,14H2,1-3H3,(H2,23,24). The molecule has 0 spiro atoms. The molecule has 0 saturated heterocycles. The second-order valence-corrected chi connectivity index (χ2v) is 7.47. The van der Waals surface area contributed by atoms with E-state index in [0.29, 0.717) is 12.5 Å². The minimum atomic E-state index is 0.0717. The molecule has 2 aromatic carbocycles. The van der Waals surface area contributed by atoms with Crippen molar-refractivity contribution in [2.45, 2.75) is 39.8 Å². The zero-order valence-electron chi connectivity index (χ0n) is 16.6. The first-order valence-electron chi connectivity index (χ1n) is 9.50. The Labute approximate surface area is 166 Å². The fourth-order valence-corrected chi connectivity index (χ4v) is 3.33. The number of fused-ring (bicyclic) bond motifs is 1. The lowest BCUT2D eigenvalue weighted by atomic mass is 10.0. The van der Waals surface area contributed by atoms with E-state index < -0.39 is 0 Å². The number of carbonyl (C=O) groups excluding carboxylic acids is 1. The maximum Gasteiger partial charge on any atom is 0.231 e. The number of ether oxygens (including phenoxy) is 2. The van der Waals surface area contributed by atoms with Crippen LogP contribution in [0.1, 0.15) is 32.8 Å². The van der Waals surface area contributed by atoms with Gasteiger partial charge in [0.2, 0.25) is 13.2 Å². The first-order valence-corrected chi connectivity index (χ1v) is 9.50. The van der Waals surface area contributed by atoms with Gasteiger partial charge in [0.15, 0.2) is 17.5 Å². The molecule has 0 radical (unpaired) electrons. The third kappa shape index (κ3) is 4.82. The quantitative estimate of drug-likeness (QED) is 0.450. The van der Waals surface area contributed by atoms with Crippen molar-refractivity contribution in [1.29, 1.82) is 0 Å². The maximum atomic E-state index is 11.6. The highest BCUT2D eigenvalue weighted by Gasteiger charge is 2.15. The minimum Gasteiger partial charge on any atom is -0.454 e. The summed E-state index contributed by atoms with van der Waals surface area (Å²) in [5.74, 6) is 2.27. The van der Waals surface area contributed by atoms with Crippen molar-refractivity contribution in [3.8, 4) is 22.6 Å². The molecule has 0 aliphatic carbocycles. The van der Waals surface area contributed by atoms with Crippen molar-refractivity contribution in [2.24, 2.45) is 16.6 Å². The molecule has 0 saturated carbocycles. The molecule has 2 aromatic rings. The Morgan fingerprint density at radius 3 is 2.64 bits per heavy atom. The van der Waals surface area contributed by atoms with Gasteiger partial charge in [-0.1, -0.05) is 38.1 Å². The molecule has 0 fully saturated rings. The molecule has 28 heavy (non-hydrogen) atoms. The number of amides is 1. The van der Waals surface area contributed by atoms with Crippen LogP contribution in [0.15, 0.2) is 47.5 Å². The van der Waals surface area contributed by atoms with Crippen LogP contribution < -0.4 is 15.2 Å². The molecule has 148 valence electrons. The minimum absolute atomic E-state index is 0.0717. The Morgan fingerprint density at radius 2 is 1.89 bits per heavy atom. The number of rotatable bonds is 7. The second-order valence-electron chi connectivity index (χ2n) is 7.47. The van der Waals surface area contributed by atoms with E-state index in [4.69, 9.17) is 15.2 Å². The fourth-order valence-electron chi connectivity index (χ4n) is 3.33. The summed E-state index contributed by atoms with van der Waals surface area (Å²) in [5.41, 5.74) is 9.10. The highest BCUT2D eigenvalue weighted by Crippen LogP contribution is 2.36. The van der Waals surface area contributed by atoms with Crippen molar-refractivity contribution >= 4 is 12.4 Å². The number of guanidine groups is 1. The van der Waals surface area contributed by atoms with Crippen LogP contribution in [0.3, 0.4) is 0 Å². The van der Waals surface area contributed by atoms with Gasteiger partial charge in [0, 0.05) is 0 Å². The van der Waals surface area contributed by atoms with Gasteiger partial charge < -0.3 is 15.2 Å². The van der Waals surface area contributed by atoms with Gasteiger partial charge in [-0.25, -0.2) is 4.99 Å². The Bertz CT molecular complexity index is 864. The number of hydrogen-bond donors (Lipinski definition) is 1. The third-order valence-corrected chi connectivity index (χ3v) is 4.57. The lowest BCUT2D eigenvalue weighted by Gasteiger charge is -2.19. The Hall–Kier alpha value is -3.02. The first-order chi connectivity index (χ1) is 13.5. The molecule has 1 amide bonds. The third-order valence-electron chi connectivity index (χ3n) is 4.57. The Kier molecular flexibility index (Phi) is 6.19. The first kappa shape index (κ1) is 19.7. The van der Waals surface area contributed by atoms with E-state index in [1.54, 1.807) is 0 Å². The van der Waals surface area contributed by atoms with Crippen LogP contribution >= 0.6 is 0 Å². The summed E-state index contributed by atoms with van der Waals surface area (Å²) in [6, 6.07) is 13.9. The van der Waals surface area contributed by atoms with Crippen molar-refractivity contribution in [3.05, 3.63) is 48.0 Å². The zero-order chi connectivity index (χ0) is 20.1. The van der Waals surface area contributed by atoms with E-state index in [1.165, 1.54) is 4.90 Å². The molecule has 1 heterocycles. The molecule has 1 aliphatic heterocycles. The summed E-state index contributed by atoms with van der Waals surface area (Å²) in [6.45, 7) is 6.91. The number of nitrogens with zero attached hydrogens (tertiary/aromatic N) is 2. The summed E-state index contributed by atoms with van der Waals surface area (Å²) in [6.07, 6.45) is 1.65. The van der Waals surface area contributed by atoms with Crippen molar-refractivity contribution < 1.29 is 14.3 Å². The molecule has 1 unspecified atom stereocenters. The van der Waals surface area contributed by atoms with Crippen LogP contribution in [0.25, 0.3) is 11.1 Å². The van der Waals surface area contributed by atoms with E-state index >= 15 is 0 Å². The largest absolute Gasteiger partial charge is 0.454 e. The molecular weight excluding hydrogens is 354 g/mol. The lowest BCUT2D eigenvalue weighted by molar-refractivity contribution is -0.115. The van der Waals surface area contributed by atoms with E-state index in [-0.39, 0.29) is 18.8 Å². The van der Waals surface area contributed by atoms with Crippen LogP contribution in [-0.2, 0) is 11.3 Å². The van der Waals surface area contributed by atoms with Gasteiger partial charge in [0.05, 0.1) is 12.6 Å². The molecule has 6 nitrogen and oxygen atoms in total. The molecule has 6 heteroatoms. The van der Waals surface area contributed by atoms with Crippen molar-refractivity contribution in [2.75, 3.05) is 6.79 Å². The van der Waals surface area contributed by atoms with Gasteiger partial charge in [-0.3, -0.25) is 9.69 Å². The van der Waals surface area contributed by atoms with Gasteiger partial charge >= 0.3 is 0 Å². The van der Waals surface area contributed by atoms with Gasteiger partial charge in [0.25, 0.3) is 0 Å². The molecule has 0 bridgehead atoms. The summed E-state index contributed by atoms with van der Waals surface area (Å²) in [4.78, 5) is 17.5. The lowest BCUT2D eigenvalue weighted by Crippen LogP contribution is -2.36. The summed E-state index contributed by atoms with van der Waals surface area (Å²) in [5, 5.41) is 0. The van der Waals surface area contributed by atoms with Crippen molar-refractivity contribution in [1.82, 2.24) is 4.90 Å². The van der Waals surface area contributed by atoms with Gasteiger partial charge in [-0.15, -0.1) is 0 Å². The van der Waals surface area contributed by atoms with E-state index in [1.807, 2.05) is 49.4 Å². The second kappa shape index (κ2) is 8.78. The summed E-state index contributed by atoms with van der Waals surface area (Å²) >= 11 is 0. The molecule has 1 aliphatic rings.